The summed E-state index contributed by atoms with van der Waals surface area (Å²) in [6.45, 7) is 0. The Morgan fingerprint density at radius 1 is 1.12 bits per heavy atom. The predicted molar refractivity (Wildman–Crippen MR) is 88.2 cm³/mol. The summed E-state index contributed by atoms with van der Waals surface area (Å²) >= 11 is 3.25. The highest BCUT2D eigenvalue weighted by Crippen LogP contribution is 2.31. The van der Waals surface area contributed by atoms with Crippen LogP contribution in [0.1, 0.15) is 21.5 Å². The van der Waals surface area contributed by atoms with E-state index in [-0.39, 0.29) is 6.42 Å². The number of benzene rings is 2. The number of carboxylic acid groups (broad SMARTS) is 1. The van der Waals surface area contributed by atoms with E-state index in [1.54, 1.807) is 24.3 Å². The minimum absolute atomic E-state index is 0.0608. The number of aliphatic carboxylic acids is 1. The lowest BCUT2D eigenvalue weighted by molar-refractivity contribution is -0.139. The first-order valence-corrected chi connectivity index (χ1v) is 7.92. The molecule has 0 saturated carbocycles. The Hall–Kier alpha value is -2.35. The molecule has 0 spiro atoms. The van der Waals surface area contributed by atoms with Gasteiger partial charge in [-0.1, -0.05) is 40.2 Å². The van der Waals surface area contributed by atoms with Gasteiger partial charge in [0.15, 0.2) is 0 Å². The first kappa shape index (κ1) is 19.0. The largest absolute Gasteiger partial charge is 0.480 e. The van der Waals surface area contributed by atoms with Crippen LogP contribution in [-0.4, -0.2) is 23.0 Å². The maximum absolute atomic E-state index is 13.0. The number of carbonyl (C=O) groups is 2. The lowest BCUT2D eigenvalue weighted by Crippen LogP contribution is -2.42. The fourth-order valence-corrected chi connectivity index (χ4v) is 2.71. The average Bonchev–Trinajstić information content (AvgIpc) is 2.53. The van der Waals surface area contributed by atoms with Crippen LogP contribution >= 0.6 is 15.9 Å². The highest BCUT2D eigenvalue weighted by molar-refractivity contribution is 9.10. The normalized spacial score (nSPS) is 12.5. The Morgan fingerprint density at radius 2 is 1.80 bits per heavy atom. The Kier molecular flexibility index (Phi) is 5.84. The van der Waals surface area contributed by atoms with Crippen LogP contribution in [0, 0.1) is 0 Å². The molecule has 2 aromatic carbocycles. The molecule has 8 heteroatoms. The van der Waals surface area contributed by atoms with Crippen LogP contribution in [0.25, 0.3) is 0 Å². The summed E-state index contributed by atoms with van der Waals surface area (Å²) in [5.41, 5.74) is -1.11. The van der Waals surface area contributed by atoms with Crippen molar-refractivity contribution in [2.75, 3.05) is 0 Å². The van der Waals surface area contributed by atoms with E-state index in [9.17, 15) is 27.9 Å². The van der Waals surface area contributed by atoms with Gasteiger partial charge in [0, 0.05) is 10.9 Å². The number of hydrogen-bond donors (Lipinski definition) is 2. The van der Waals surface area contributed by atoms with Gasteiger partial charge < -0.3 is 10.4 Å². The molecule has 0 radical (unpaired) electrons. The molecule has 0 unspecified atom stereocenters. The van der Waals surface area contributed by atoms with E-state index in [0.717, 1.165) is 22.7 Å². The molecule has 0 aliphatic rings. The molecule has 25 heavy (non-hydrogen) atoms. The molecule has 132 valence electrons. The van der Waals surface area contributed by atoms with E-state index < -0.39 is 35.2 Å². The minimum Gasteiger partial charge on any atom is -0.480 e. The summed E-state index contributed by atoms with van der Waals surface area (Å²) in [4.78, 5) is 23.6. The van der Waals surface area contributed by atoms with Gasteiger partial charge in [-0.05, 0) is 29.8 Å². The van der Waals surface area contributed by atoms with Crippen LogP contribution < -0.4 is 5.32 Å². The fraction of sp³-hybridized carbons (Fsp3) is 0.176. The molecule has 2 aromatic rings. The van der Waals surface area contributed by atoms with Gasteiger partial charge in [-0.25, -0.2) is 4.79 Å². The van der Waals surface area contributed by atoms with Crippen molar-refractivity contribution in [1.82, 2.24) is 5.32 Å². The number of amides is 1. The fourth-order valence-electron chi connectivity index (χ4n) is 2.26. The van der Waals surface area contributed by atoms with Crippen molar-refractivity contribution < 1.29 is 27.9 Å². The molecule has 0 saturated heterocycles. The SMILES string of the molecule is O=C(N[C@@H](Cc1cccc(Br)c1)C(=O)O)c1ccccc1C(F)(F)F. The second-order valence-electron chi connectivity index (χ2n) is 5.24. The molecule has 0 aliphatic carbocycles. The maximum Gasteiger partial charge on any atom is 0.417 e. The summed E-state index contributed by atoms with van der Waals surface area (Å²) in [5.74, 6) is -2.42. The number of hydrogen-bond acceptors (Lipinski definition) is 2. The van der Waals surface area contributed by atoms with Crippen molar-refractivity contribution in [3.05, 3.63) is 69.7 Å². The van der Waals surface area contributed by atoms with Crippen molar-refractivity contribution in [2.24, 2.45) is 0 Å². The van der Waals surface area contributed by atoms with Gasteiger partial charge in [0.2, 0.25) is 0 Å². The predicted octanol–water partition coefficient (Wildman–Crippen LogP) is 3.89. The zero-order valence-corrected chi connectivity index (χ0v) is 14.3. The van der Waals surface area contributed by atoms with Crippen LogP contribution in [0.5, 0.6) is 0 Å². The molecule has 0 fully saturated rings. The van der Waals surface area contributed by atoms with Gasteiger partial charge in [0.1, 0.15) is 6.04 Å². The van der Waals surface area contributed by atoms with Gasteiger partial charge in [-0.3, -0.25) is 4.79 Å². The molecule has 1 amide bonds. The number of carboxylic acids is 1. The number of rotatable bonds is 5. The second kappa shape index (κ2) is 7.69. The first-order valence-electron chi connectivity index (χ1n) is 7.13. The van der Waals surface area contributed by atoms with Gasteiger partial charge in [0.25, 0.3) is 5.91 Å². The number of halogens is 4. The minimum atomic E-state index is -4.71. The van der Waals surface area contributed by atoms with E-state index in [1.807, 2.05) is 0 Å². The average molecular weight is 416 g/mol. The van der Waals surface area contributed by atoms with Crippen LogP contribution in [0.15, 0.2) is 53.0 Å². The van der Waals surface area contributed by atoms with Gasteiger partial charge in [-0.2, -0.15) is 13.2 Å². The molecule has 4 nitrogen and oxygen atoms in total. The van der Waals surface area contributed by atoms with E-state index >= 15 is 0 Å². The summed E-state index contributed by atoms with van der Waals surface area (Å²) < 4.78 is 39.7. The Morgan fingerprint density at radius 3 is 2.40 bits per heavy atom. The van der Waals surface area contributed by atoms with Crippen LogP contribution in [0.3, 0.4) is 0 Å². The second-order valence-corrected chi connectivity index (χ2v) is 6.16. The van der Waals surface area contributed by atoms with E-state index in [2.05, 4.69) is 21.2 Å². The van der Waals surface area contributed by atoms with Crippen molar-refractivity contribution in [2.45, 2.75) is 18.6 Å². The van der Waals surface area contributed by atoms with E-state index in [4.69, 9.17) is 0 Å². The van der Waals surface area contributed by atoms with Crippen LogP contribution in [0.2, 0.25) is 0 Å². The number of nitrogens with one attached hydrogen (secondary N) is 1. The van der Waals surface area contributed by atoms with E-state index in [0.29, 0.717) is 5.56 Å². The molecule has 2 rings (SSSR count). The molecule has 0 heterocycles. The summed E-state index contributed by atoms with van der Waals surface area (Å²) in [7, 11) is 0. The van der Waals surface area contributed by atoms with Crippen molar-refractivity contribution in [1.29, 1.82) is 0 Å². The van der Waals surface area contributed by atoms with Crippen LogP contribution in [0.4, 0.5) is 13.2 Å². The summed E-state index contributed by atoms with van der Waals surface area (Å²) in [5, 5.41) is 11.4. The van der Waals surface area contributed by atoms with Crippen LogP contribution in [-0.2, 0) is 17.4 Å². The molecule has 1 atom stereocenters. The molecule has 0 aromatic heterocycles. The standard InChI is InChI=1S/C17H13BrF3NO3/c18-11-5-3-4-10(8-11)9-14(16(24)25)22-15(23)12-6-1-2-7-13(12)17(19,20)21/h1-8,14H,9H2,(H,22,23)(H,24,25)/t14-/m0/s1. The third kappa shape index (κ3) is 5.06. The monoisotopic (exact) mass is 415 g/mol. The third-order valence-corrected chi connectivity index (χ3v) is 3.90. The summed E-state index contributed by atoms with van der Waals surface area (Å²) in [6, 6.07) is 9.65. The lowest BCUT2D eigenvalue weighted by Gasteiger charge is -2.17. The Balaban J connectivity index is 2.23. The Labute approximate surface area is 149 Å². The molecule has 2 N–H and O–H groups in total. The quantitative estimate of drug-likeness (QED) is 0.778. The van der Waals surface area contributed by atoms with Gasteiger partial charge in [0.05, 0.1) is 11.1 Å². The molecular formula is C17H13BrF3NO3. The smallest absolute Gasteiger partial charge is 0.417 e. The Bertz CT molecular complexity index is 793. The third-order valence-electron chi connectivity index (χ3n) is 3.41. The van der Waals surface area contributed by atoms with Crippen molar-refractivity contribution in [3.63, 3.8) is 0 Å². The zero-order valence-electron chi connectivity index (χ0n) is 12.7. The number of carbonyl (C=O) groups excluding carboxylic acids is 1. The van der Waals surface area contributed by atoms with Gasteiger partial charge in [-0.15, -0.1) is 0 Å². The molecule has 0 aliphatic heterocycles. The molecule has 0 bridgehead atoms. The van der Waals surface area contributed by atoms with Gasteiger partial charge >= 0.3 is 12.1 Å². The van der Waals surface area contributed by atoms with E-state index in [1.165, 1.54) is 6.07 Å². The zero-order chi connectivity index (χ0) is 18.6. The first-order chi connectivity index (χ1) is 11.7. The number of alkyl halides is 3. The lowest BCUT2D eigenvalue weighted by atomic mass is 10.0. The highest BCUT2D eigenvalue weighted by Gasteiger charge is 2.35. The molecular weight excluding hydrogens is 403 g/mol. The topological polar surface area (TPSA) is 66.4 Å². The highest BCUT2D eigenvalue weighted by atomic mass is 79.9. The summed E-state index contributed by atoms with van der Waals surface area (Å²) in [6.07, 6.45) is -4.77. The maximum atomic E-state index is 13.0. The van der Waals surface area contributed by atoms with Crippen molar-refractivity contribution >= 4 is 27.8 Å². The van der Waals surface area contributed by atoms with Crippen molar-refractivity contribution in [3.8, 4) is 0 Å².